The highest BCUT2D eigenvalue weighted by molar-refractivity contribution is 9.10. The second-order valence-electron chi connectivity index (χ2n) is 4.44. The lowest BCUT2D eigenvalue weighted by Gasteiger charge is -2.32. The third kappa shape index (κ3) is 3.29. The van der Waals surface area contributed by atoms with E-state index in [1.807, 2.05) is 13.0 Å². The first-order chi connectivity index (χ1) is 8.96. The van der Waals surface area contributed by atoms with Gasteiger partial charge in [0, 0.05) is 34.4 Å². The molecule has 3 nitrogen and oxygen atoms in total. The lowest BCUT2D eigenvalue weighted by atomic mass is 10.2. The number of thioether (sulfide) groups is 1. The van der Waals surface area contributed by atoms with Crippen molar-refractivity contribution >= 4 is 49.3 Å². The van der Waals surface area contributed by atoms with Gasteiger partial charge in [-0.2, -0.15) is 16.1 Å². The van der Waals surface area contributed by atoms with Gasteiger partial charge in [0.15, 0.2) is 0 Å². The second-order valence-corrected chi connectivity index (χ2v) is 8.57. The molecular formula is C12H15BrClNO2S2. The van der Waals surface area contributed by atoms with Crippen LogP contribution < -0.4 is 0 Å². The molecule has 0 radical (unpaired) electrons. The summed E-state index contributed by atoms with van der Waals surface area (Å²) in [5.41, 5.74) is 0.808. The largest absolute Gasteiger partial charge is 0.244 e. The second kappa shape index (κ2) is 6.35. The van der Waals surface area contributed by atoms with Crippen molar-refractivity contribution in [3.05, 3.63) is 28.2 Å². The van der Waals surface area contributed by atoms with Crippen LogP contribution in [0.3, 0.4) is 0 Å². The average Bonchev–Trinajstić information content (AvgIpc) is 2.39. The van der Waals surface area contributed by atoms with Crippen LogP contribution in [0, 0.1) is 0 Å². The molecule has 1 aromatic carbocycles. The standard InChI is InChI=1S/C12H15BrClNO2S2/c1-9-8-18-5-4-15(9)19(16,17)12-6-10(7-14)2-3-11(12)13/h2-3,6,9H,4-5,7-8H2,1H3. The van der Waals surface area contributed by atoms with E-state index in [-0.39, 0.29) is 6.04 Å². The first-order valence-corrected chi connectivity index (χ1v) is 9.83. The predicted octanol–water partition coefficient (Wildman–Crippen LogP) is 3.31. The van der Waals surface area contributed by atoms with E-state index in [9.17, 15) is 8.42 Å². The van der Waals surface area contributed by atoms with Gasteiger partial charge in [-0.05, 0) is 40.5 Å². The Labute approximate surface area is 131 Å². The molecule has 0 N–H and O–H groups in total. The van der Waals surface area contributed by atoms with E-state index in [1.165, 1.54) is 0 Å². The molecule has 0 aliphatic carbocycles. The maximum atomic E-state index is 12.7. The summed E-state index contributed by atoms with van der Waals surface area (Å²) in [5, 5.41) is 0. The minimum atomic E-state index is -3.46. The lowest BCUT2D eigenvalue weighted by Crippen LogP contribution is -2.44. The van der Waals surface area contributed by atoms with Crippen molar-refractivity contribution in [1.82, 2.24) is 4.31 Å². The van der Waals surface area contributed by atoms with E-state index in [2.05, 4.69) is 15.9 Å². The Bertz CT molecular complexity index is 565. The molecule has 0 aromatic heterocycles. The Hall–Kier alpha value is 0.250. The predicted molar refractivity (Wildman–Crippen MR) is 84.4 cm³/mol. The molecule has 7 heteroatoms. The molecule has 0 spiro atoms. The molecule has 1 aliphatic heterocycles. The highest BCUT2D eigenvalue weighted by Crippen LogP contribution is 2.30. The number of benzene rings is 1. The molecule has 0 bridgehead atoms. The van der Waals surface area contributed by atoms with E-state index in [1.54, 1.807) is 28.2 Å². The molecule has 1 unspecified atom stereocenters. The van der Waals surface area contributed by atoms with Crippen molar-refractivity contribution in [3.63, 3.8) is 0 Å². The SMILES string of the molecule is CC1CSCCN1S(=O)(=O)c1cc(CCl)ccc1Br. The third-order valence-corrected chi connectivity index (χ3v) is 7.55. The Kier molecular flexibility index (Phi) is 5.22. The molecule has 1 atom stereocenters. The first kappa shape index (κ1) is 15.6. The van der Waals surface area contributed by atoms with E-state index in [4.69, 9.17) is 11.6 Å². The van der Waals surface area contributed by atoms with Crippen LogP contribution in [0.25, 0.3) is 0 Å². The Morgan fingerprint density at radius 2 is 2.26 bits per heavy atom. The van der Waals surface area contributed by atoms with Gasteiger partial charge in [-0.3, -0.25) is 0 Å². The fraction of sp³-hybridized carbons (Fsp3) is 0.500. The number of alkyl halides is 1. The van der Waals surface area contributed by atoms with Crippen molar-refractivity contribution in [2.75, 3.05) is 18.1 Å². The summed E-state index contributed by atoms with van der Waals surface area (Å²) in [6, 6.07) is 5.25. The summed E-state index contributed by atoms with van der Waals surface area (Å²) in [5.74, 6) is 1.99. The van der Waals surface area contributed by atoms with Crippen LogP contribution in [0.4, 0.5) is 0 Å². The number of hydrogen-bond acceptors (Lipinski definition) is 3. The molecule has 1 aromatic rings. The van der Waals surface area contributed by atoms with Crippen LogP contribution >= 0.6 is 39.3 Å². The average molecular weight is 385 g/mol. The molecule has 2 rings (SSSR count). The fourth-order valence-corrected chi connectivity index (χ4v) is 6.02. The van der Waals surface area contributed by atoms with Gasteiger partial charge < -0.3 is 0 Å². The summed E-state index contributed by atoms with van der Waals surface area (Å²) in [6.45, 7) is 2.51. The quantitative estimate of drug-likeness (QED) is 0.750. The van der Waals surface area contributed by atoms with E-state index in [0.29, 0.717) is 21.8 Å². The maximum absolute atomic E-state index is 12.7. The lowest BCUT2D eigenvalue weighted by molar-refractivity contribution is 0.367. The molecule has 0 amide bonds. The van der Waals surface area contributed by atoms with Crippen LogP contribution in [-0.2, 0) is 15.9 Å². The van der Waals surface area contributed by atoms with E-state index >= 15 is 0 Å². The molecule has 106 valence electrons. The number of nitrogens with zero attached hydrogens (tertiary/aromatic N) is 1. The summed E-state index contributed by atoms with van der Waals surface area (Å²) < 4.78 is 27.6. The highest BCUT2D eigenvalue weighted by Gasteiger charge is 2.32. The van der Waals surface area contributed by atoms with Crippen molar-refractivity contribution in [2.24, 2.45) is 0 Å². The minimum absolute atomic E-state index is 0.0234. The highest BCUT2D eigenvalue weighted by atomic mass is 79.9. The van der Waals surface area contributed by atoms with Crippen molar-refractivity contribution < 1.29 is 8.42 Å². The van der Waals surface area contributed by atoms with Gasteiger partial charge in [0.1, 0.15) is 0 Å². The minimum Gasteiger partial charge on any atom is -0.207 e. The van der Waals surface area contributed by atoms with Gasteiger partial charge in [0.25, 0.3) is 0 Å². The van der Waals surface area contributed by atoms with Gasteiger partial charge >= 0.3 is 0 Å². The molecule has 1 saturated heterocycles. The van der Waals surface area contributed by atoms with Gasteiger partial charge in [0.05, 0.1) is 4.90 Å². The normalized spacial score (nSPS) is 21.5. The van der Waals surface area contributed by atoms with Crippen molar-refractivity contribution in [2.45, 2.75) is 23.7 Å². The Balaban J connectivity index is 2.43. The number of sulfonamides is 1. The maximum Gasteiger partial charge on any atom is 0.244 e. The molecule has 1 fully saturated rings. The molecule has 1 aliphatic rings. The monoisotopic (exact) mass is 383 g/mol. The first-order valence-electron chi connectivity index (χ1n) is 5.91. The summed E-state index contributed by atoms with van der Waals surface area (Å²) in [4.78, 5) is 0.310. The van der Waals surface area contributed by atoms with E-state index in [0.717, 1.165) is 17.1 Å². The van der Waals surface area contributed by atoms with Crippen LogP contribution in [0.2, 0.25) is 0 Å². The topological polar surface area (TPSA) is 37.4 Å². The molecule has 0 saturated carbocycles. The Morgan fingerprint density at radius 1 is 1.53 bits per heavy atom. The Morgan fingerprint density at radius 3 is 2.89 bits per heavy atom. The van der Waals surface area contributed by atoms with Gasteiger partial charge in [-0.1, -0.05) is 6.07 Å². The summed E-state index contributed by atoms with van der Waals surface area (Å²) >= 11 is 10.9. The van der Waals surface area contributed by atoms with Crippen molar-refractivity contribution in [1.29, 1.82) is 0 Å². The smallest absolute Gasteiger partial charge is 0.207 e. The molecular weight excluding hydrogens is 370 g/mol. The van der Waals surface area contributed by atoms with Crippen LogP contribution in [-0.4, -0.2) is 36.8 Å². The summed E-state index contributed by atoms with van der Waals surface area (Å²) in [6.07, 6.45) is 0. The van der Waals surface area contributed by atoms with Crippen molar-refractivity contribution in [3.8, 4) is 0 Å². The molecule has 19 heavy (non-hydrogen) atoms. The number of halogens is 2. The fourth-order valence-electron chi connectivity index (χ4n) is 2.02. The van der Waals surface area contributed by atoms with Crippen LogP contribution in [0.5, 0.6) is 0 Å². The number of rotatable bonds is 3. The van der Waals surface area contributed by atoms with Gasteiger partial charge in [-0.25, -0.2) is 8.42 Å². The van der Waals surface area contributed by atoms with E-state index < -0.39 is 10.0 Å². The van der Waals surface area contributed by atoms with Gasteiger partial charge in [-0.15, -0.1) is 11.6 Å². The molecule has 1 heterocycles. The number of hydrogen-bond donors (Lipinski definition) is 0. The zero-order chi connectivity index (χ0) is 14.0. The summed E-state index contributed by atoms with van der Waals surface area (Å²) in [7, 11) is -3.46. The third-order valence-electron chi connectivity index (χ3n) is 3.04. The van der Waals surface area contributed by atoms with Gasteiger partial charge in [0.2, 0.25) is 10.0 Å². The zero-order valence-corrected chi connectivity index (χ0v) is 14.4. The van der Waals surface area contributed by atoms with Crippen LogP contribution in [0.15, 0.2) is 27.6 Å². The van der Waals surface area contributed by atoms with Crippen LogP contribution in [0.1, 0.15) is 12.5 Å². The zero-order valence-electron chi connectivity index (χ0n) is 10.5.